The fourth-order valence-corrected chi connectivity index (χ4v) is 4.26. The zero-order chi connectivity index (χ0) is 21.4. The Hall–Kier alpha value is -3.23. The summed E-state index contributed by atoms with van der Waals surface area (Å²) in [5, 5.41) is 11.6. The van der Waals surface area contributed by atoms with Crippen molar-refractivity contribution in [3.05, 3.63) is 76.8 Å². The highest BCUT2D eigenvalue weighted by Crippen LogP contribution is 2.36. The van der Waals surface area contributed by atoms with Crippen LogP contribution in [0.2, 0.25) is 0 Å². The molecule has 0 fully saturated rings. The van der Waals surface area contributed by atoms with E-state index in [1.54, 1.807) is 30.5 Å². The molecule has 2 atom stereocenters. The average Bonchev–Trinajstić information content (AvgIpc) is 3.18. The fraction of sp³-hybridized carbons (Fsp3) is 0.217. The number of hydrogen-bond acceptors (Lipinski definition) is 7. The third kappa shape index (κ3) is 4.17. The molecule has 0 spiro atoms. The maximum atomic E-state index is 13.4. The Bertz CT molecular complexity index is 1230. The van der Waals surface area contributed by atoms with E-state index >= 15 is 0 Å². The second-order valence-corrected chi connectivity index (χ2v) is 8.37. The molecule has 1 N–H and O–H groups in total. The summed E-state index contributed by atoms with van der Waals surface area (Å²) in [6.45, 7) is 2.36. The van der Waals surface area contributed by atoms with Crippen LogP contribution in [0.3, 0.4) is 0 Å². The van der Waals surface area contributed by atoms with Gasteiger partial charge in [-0.3, -0.25) is 4.98 Å². The van der Waals surface area contributed by atoms with Gasteiger partial charge in [0, 0.05) is 17.3 Å². The fourth-order valence-electron chi connectivity index (χ4n) is 3.39. The van der Waals surface area contributed by atoms with E-state index in [1.807, 2.05) is 19.1 Å². The summed E-state index contributed by atoms with van der Waals surface area (Å²) in [7, 11) is 0. The summed E-state index contributed by atoms with van der Waals surface area (Å²) in [6.07, 6.45) is 0.187. The van der Waals surface area contributed by atoms with Crippen molar-refractivity contribution in [1.82, 2.24) is 9.97 Å². The van der Waals surface area contributed by atoms with E-state index in [1.165, 1.54) is 23.5 Å². The van der Waals surface area contributed by atoms with E-state index in [9.17, 15) is 9.50 Å². The molecule has 0 aliphatic carbocycles. The zero-order valence-corrected chi connectivity index (χ0v) is 17.4. The standard InChI is InChI=1S/C23H19FN2O4S/c1-13-2-4-16(10-25-13)30-20-11-29-19-6-5-15(9-17(19)23(20)27)28-12-22-26-18-8-14(24)3-7-21(18)31-22/h2-10,20,23,27H,11-12H2,1H3. The number of benzene rings is 2. The summed E-state index contributed by atoms with van der Waals surface area (Å²) >= 11 is 1.45. The van der Waals surface area contributed by atoms with E-state index in [-0.39, 0.29) is 19.0 Å². The van der Waals surface area contributed by atoms with Gasteiger partial charge in [-0.25, -0.2) is 9.37 Å². The Morgan fingerprint density at radius 1 is 1.16 bits per heavy atom. The van der Waals surface area contributed by atoms with Crippen LogP contribution in [0.1, 0.15) is 22.4 Å². The highest BCUT2D eigenvalue weighted by Gasteiger charge is 2.31. The highest BCUT2D eigenvalue weighted by atomic mass is 32.1. The van der Waals surface area contributed by atoms with Crippen LogP contribution < -0.4 is 14.2 Å². The van der Waals surface area contributed by atoms with Crippen molar-refractivity contribution >= 4 is 21.6 Å². The maximum absolute atomic E-state index is 13.4. The minimum Gasteiger partial charge on any atom is -0.489 e. The second kappa shape index (κ2) is 8.13. The maximum Gasteiger partial charge on any atom is 0.163 e. The van der Waals surface area contributed by atoms with Gasteiger partial charge in [-0.2, -0.15) is 0 Å². The molecule has 0 radical (unpaired) electrons. The van der Waals surface area contributed by atoms with Gasteiger partial charge < -0.3 is 19.3 Å². The number of pyridine rings is 1. The summed E-state index contributed by atoms with van der Waals surface area (Å²) in [6, 6.07) is 13.5. The van der Waals surface area contributed by atoms with Gasteiger partial charge in [-0.05, 0) is 49.4 Å². The van der Waals surface area contributed by atoms with Crippen molar-refractivity contribution in [1.29, 1.82) is 0 Å². The number of fused-ring (bicyclic) bond motifs is 2. The summed E-state index contributed by atoms with van der Waals surface area (Å²) < 4.78 is 31.8. The van der Waals surface area contributed by atoms with E-state index in [4.69, 9.17) is 14.2 Å². The number of nitrogens with zero attached hydrogens (tertiary/aromatic N) is 2. The van der Waals surface area contributed by atoms with E-state index in [0.717, 1.165) is 15.4 Å². The predicted molar refractivity (Wildman–Crippen MR) is 114 cm³/mol. The van der Waals surface area contributed by atoms with Crippen molar-refractivity contribution in [3.63, 3.8) is 0 Å². The van der Waals surface area contributed by atoms with Gasteiger partial charge in [-0.1, -0.05) is 0 Å². The van der Waals surface area contributed by atoms with Crippen LogP contribution in [-0.4, -0.2) is 27.8 Å². The van der Waals surface area contributed by atoms with Gasteiger partial charge in [0.05, 0.1) is 16.4 Å². The molecule has 8 heteroatoms. The molecule has 0 bridgehead atoms. The average molecular weight is 438 g/mol. The molecular formula is C23H19FN2O4S. The quantitative estimate of drug-likeness (QED) is 0.491. The number of aliphatic hydroxyl groups excluding tert-OH is 1. The van der Waals surface area contributed by atoms with Crippen LogP contribution in [0.4, 0.5) is 4.39 Å². The van der Waals surface area contributed by atoms with Gasteiger partial charge in [0.15, 0.2) is 6.10 Å². The Morgan fingerprint density at radius 3 is 2.87 bits per heavy atom. The normalized spacial score (nSPS) is 17.8. The second-order valence-electron chi connectivity index (χ2n) is 7.26. The van der Waals surface area contributed by atoms with Crippen molar-refractivity contribution in [2.24, 2.45) is 0 Å². The van der Waals surface area contributed by atoms with Gasteiger partial charge in [-0.15, -0.1) is 11.3 Å². The minimum absolute atomic E-state index is 0.227. The molecule has 1 aliphatic heterocycles. The first kappa shape index (κ1) is 19.7. The van der Waals surface area contributed by atoms with Crippen LogP contribution in [-0.2, 0) is 6.61 Å². The third-order valence-corrected chi connectivity index (χ3v) is 5.99. The Labute approximate surface area is 181 Å². The number of thiazole rings is 1. The molecule has 0 saturated heterocycles. The van der Waals surface area contributed by atoms with E-state index < -0.39 is 12.2 Å². The molecule has 158 valence electrons. The molecule has 31 heavy (non-hydrogen) atoms. The van der Waals surface area contributed by atoms with Crippen molar-refractivity contribution < 1.29 is 23.7 Å². The molecular weight excluding hydrogens is 419 g/mol. The lowest BCUT2D eigenvalue weighted by atomic mass is 10.0. The Kier molecular flexibility index (Phi) is 5.17. The van der Waals surface area contributed by atoms with Gasteiger partial charge in [0.1, 0.15) is 47.4 Å². The smallest absolute Gasteiger partial charge is 0.163 e. The lowest BCUT2D eigenvalue weighted by molar-refractivity contribution is -0.0106. The zero-order valence-electron chi connectivity index (χ0n) is 16.6. The van der Waals surface area contributed by atoms with Gasteiger partial charge in [0.25, 0.3) is 0 Å². The number of rotatable bonds is 5. The molecule has 5 rings (SSSR count). The molecule has 2 unspecified atom stereocenters. The first-order chi connectivity index (χ1) is 15.0. The number of aryl methyl sites for hydroxylation is 1. The molecule has 2 aromatic heterocycles. The minimum atomic E-state index is -0.876. The molecule has 6 nitrogen and oxygen atoms in total. The molecule has 0 saturated carbocycles. The third-order valence-electron chi connectivity index (χ3n) is 4.98. The van der Waals surface area contributed by atoms with E-state index in [2.05, 4.69) is 9.97 Å². The highest BCUT2D eigenvalue weighted by molar-refractivity contribution is 7.18. The number of aliphatic hydroxyl groups is 1. The van der Waals surface area contributed by atoms with Gasteiger partial charge in [0.2, 0.25) is 0 Å². The largest absolute Gasteiger partial charge is 0.489 e. The van der Waals surface area contributed by atoms with Crippen molar-refractivity contribution in [2.75, 3.05) is 6.61 Å². The van der Waals surface area contributed by atoms with Crippen LogP contribution in [0, 0.1) is 12.7 Å². The lowest BCUT2D eigenvalue weighted by Crippen LogP contribution is -2.35. The topological polar surface area (TPSA) is 73.7 Å². The summed E-state index contributed by atoms with van der Waals surface area (Å²) in [4.78, 5) is 8.62. The Balaban J connectivity index is 1.30. The Morgan fingerprint density at radius 2 is 2.03 bits per heavy atom. The molecule has 3 heterocycles. The van der Waals surface area contributed by atoms with Crippen LogP contribution in [0.15, 0.2) is 54.7 Å². The van der Waals surface area contributed by atoms with Crippen LogP contribution in [0.5, 0.6) is 17.2 Å². The monoisotopic (exact) mass is 438 g/mol. The summed E-state index contributed by atoms with van der Waals surface area (Å²) in [5.74, 6) is 1.43. The van der Waals surface area contributed by atoms with Crippen LogP contribution in [0.25, 0.3) is 10.2 Å². The number of hydrogen-bond donors (Lipinski definition) is 1. The molecule has 0 amide bonds. The molecule has 1 aliphatic rings. The number of ether oxygens (including phenoxy) is 3. The molecule has 4 aromatic rings. The predicted octanol–water partition coefficient (Wildman–Crippen LogP) is 4.59. The first-order valence-electron chi connectivity index (χ1n) is 9.77. The lowest BCUT2D eigenvalue weighted by Gasteiger charge is -2.30. The van der Waals surface area contributed by atoms with Crippen molar-refractivity contribution in [2.45, 2.75) is 25.7 Å². The number of halogens is 1. The van der Waals surface area contributed by atoms with Gasteiger partial charge >= 0.3 is 0 Å². The summed E-state index contributed by atoms with van der Waals surface area (Å²) in [5.41, 5.74) is 2.10. The van der Waals surface area contributed by atoms with Crippen LogP contribution >= 0.6 is 11.3 Å². The first-order valence-corrected chi connectivity index (χ1v) is 10.6. The van der Waals surface area contributed by atoms with E-state index in [0.29, 0.717) is 28.3 Å². The van der Waals surface area contributed by atoms with Crippen molar-refractivity contribution in [3.8, 4) is 17.2 Å². The molecule has 2 aromatic carbocycles. The SMILES string of the molecule is Cc1ccc(OC2COc3ccc(OCc4nc5cc(F)ccc5s4)cc3C2O)cn1. The number of aromatic nitrogens is 2.